The van der Waals surface area contributed by atoms with Gasteiger partial charge in [0.1, 0.15) is 0 Å². The minimum atomic E-state index is -1.08. The van der Waals surface area contributed by atoms with Crippen molar-refractivity contribution in [3.05, 3.63) is 35.4 Å². The van der Waals surface area contributed by atoms with Crippen LogP contribution in [-0.2, 0) is 19.7 Å². The van der Waals surface area contributed by atoms with Crippen molar-refractivity contribution < 1.29 is 19.4 Å². The molecule has 1 atom stereocenters. The summed E-state index contributed by atoms with van der Waals surface area (Å²) in [7, 11) is 1.42. The maximum atomic E-state index is 12.6. The van der Waals surface area contributed by atoms with Gasteiger partial charge >= 0.3 is 5.97 Å². The molecule has 1 amide bonds. The third kappa shape index (κ3) is 3.08. The van der Waals surface area contributed by atoms with Gasteiger partial charge in [0.2, 0.25) is 5.91 Å². The van der Waals surface area contributed by atoms with Crippen LogP contribution >= 0.6 is 0 Å². The molecule has 1 aromatic rings. The predicted octanol–water partition coefficient (Wildman–Crippen LogP) is 1.63. The number of carboxylic acids is 1. The number of carbonyl (C=O) groups excluding carboxylic acids is 1. The Labute approximate surface area is 124 Å². The number of ether oxygens (including phenoxy) is 1. The van der Waals surface area contributed by atoms with Gasteiger partial charge < -0.3 is 15.2 Å². The lowest BCUT2D eigenvalue weighted by molar-refractivity contribution is -0.145. The van der Waals surface area contributed by atoms with Gasteiger partial charge in [-0.1, -0.05) is 36.2 Å². The van der Waals surface area contributed by atoms with E-state index in [1.807, 2.05) is 31.2 Å². The SMILES string of the molecule is COCC(NC(=O)C1(c2cccc(C)c2)CCC1)C(=O)O. The molecule has 1 fully saturated rings. The van der Waals surface area contributed by atoms with Gasteiger partial charge in [-0.05, 0) is 25.3 Å². The Morgan fingerprint density at radius 3 is 2.62 bits per heavy atom. The first-order valence-corrected chi connectivity index (χ1v) is 7.09. The monoisotopic (exact) mass is 291 g/mol. The molecule has 0 aliphatic heterocycles. The number of carboxylic acid groups (broad SMARTS) is 1. The number of hydrogen-bond donors (Lipinski definition) is 2. The lowest BCUT2D eigenvalue weighted by atomic mass is 9.63. The fourth-order valence-electron chi connectivity index (χ4n) is 2.76. The topological polar surface area (TPSA) is 75.6 Å². The van der Waals surface area contributed by atoms with Crippen molar-refractivity contribution in [1.29, 1.82) is 0 Å². The average molecular weight is 291 g/mol. The molecule has 0 heterocycles. The first kappa shape index (κ1) is 15.5. The molecule has 1 saturated carbocycles. The van der Waals surface area contributed by atoms with Gasteiger partial charge in [0.15, 0.2) is 6.04 Å². The number of aliphatic carboxylic acids is 1. The van der Waals surface area contributed by atoms with E-state index in [1.165, 1.54) is 7.11 Å². The molecular formula is C16H21NO4. The summed E-state index contributed by atoms with van der Waals surface area (Å²) < 4.78 is 4.86. The van der Waals surface area contributed by atoms with E-state index in [2.05, 4.69) is 5.32 Å². The number of carbonyl (C=O) groups is 2. The van der Waals surface area contributed by atoms with Crippen molar-refractivity contribution >= 4 is 11.9 Å². The fraction of sp³-hybridized carbons (Fsp3) is 0.500. The van der Waals surface area contributed by atoms with Crippen LogP contribution in [-0.4, -0.2) is 36.7 Å². The van der Waals surface area contributed by atoms with Gasteiger partial charge in [-0.25, -0.2) is 4.79 Å². The van der Waals surface area contributed by atoms with Crippen molar-refractivity contribution in [3.63, 3.8) is 0 Å². The number of hydrogen-bond acceptors (Lipinski definition) is 3. The number of benzene rings is 1. The van der Waals surface area contributed by atoms with Gasteiger partial charge in [0.05, 0.1) is 12.0 Å². The maximum absolute atomic E-state index is 12.6. The molecule has 0 saturated heterocycles. The van der Waals surface area contributed by atoms with E-state index < -0.39 is 17.4 Å². The van der Waals surface area contributed by atoms with Crippen LogP contribution in [0.2, 0.25) is 0 Å². The lowest BCUT2D eigenvalue weighted by Gasteiger charge is -2.41. The Morgan fingerprint density at radius 2 is 2.14 bits per heavy atom. The molecule has 1 unspecified atom stereocenters. The summed E-state index contributed by atoms with van der Waals surface area (Å²) in [5, 5.41) is 11.7. The second kappa shape index (κ2) is 6.26. The highest BCUT2D eigenvalue weighted by molar-refractivity contribution is 5.92. The number of aryl methyl sites for hydroxylation is 1. The number of methoxy groups -OCH3 is 1. The number of rotatable bonds is 6. The summed E-state index contributed by atoms with van der Waals surface area (Å²) in [5.41, 5.74) is 1.47. The minimum absolute atomic E-state index is 0.0367. The minimum Gasteiger partial charge on any atom is -0.480 e. The summed E-state index contributed by atoms with van der Waals surface area (Å²) in [6, 6.07) is 6.85. The van der Waals surface area contributed by atoms with Crippen LogP contribution in [0.4, 0.5) is 0 Å². The van der Waals surface area contributed by atoms with Gasteiger partial charge in [0, 0.05) is 7.11 Å². The maximum Gasteiger partial charge on any atom is 0.328 e. The Kier molecular flexibility index (Phi) is 4.63. The first-order chi connectivity index (χ1) is 9.99. The molecule has 21 heavy (non-hydrogen) atoms. The smallest absolute Gasteiger partial charge is 0.328 e. The van der Waals surface area contributed by atoms with Gasteiger partial charge in [-0.3, -0.25) is 4.79 Å². The molecule has 5 heteroatoms. The second-order valence-electron chi connectivity index (χ2n) is 5.62. The zero-order chi connectivity index (χ0) is 15.5. The van der Waals surface area contributed by atoms with Crippen LogP contribution in [0.15, 0.2) is 24.3 Å². The van der Waals surface area contributed by atoms with E-state index >= 15 is 0 Å². The summed E-state index contributed by atoms with van der Waals surface area (Å²) in [5.74, 6) is -1.30. The summed E-state index contributed by atoms with van der Waals surface area (Å²) in [6.45, 7) is 1.95. The highest BCUT2D eigenvalue weighted by Gasteiger charge is 2.46. The van der Waals surface area contributed by atoms with E-state index in [4.69, 9.17) is 9.84 Å². The standard InChI is InChI=1S/C16H21NO4/c1-11-5-3-6-12(9-11)16(7-4-8-16)15(20)17-13(10-21-2)14(18)19/h3,5-6,9,13H,4,7-8,10H2,1-2H3,(H,17,20)(H,18,19). The lowest BCUT2D eigenvalue weighted by Crippen LogP contribution is -2.55. The van der Waals surface area contributed by atoms with Crippen LogP contribution in [0.5, 0.6) is 0 Å². The Balaban J connectivity index is 2.20. The average Bonchev–Trinajstić information content (AvgIpc) is 2.37. The molecule has 0 aromatic heterocycles. The van der Waals surface area contributed by atoms with E-state index in [0.29, 0.717) is 0 Å². The summed E-state index contributed by atoms with van der Waals surface area (Å²) in [6.07, 6.45) is 2.48. The molecule has 1 aromatic carbocycles. The van der Waals surface area contributed by atoms with E-state index in [1.54, 1.807) is 0 Å². The normalized spacial score (nSPS) is 17.6. The van der Waals surface area contributed by atoms with Gasteiger partial charge in [-0.2, -0.15) is 0 Å². The fourth-order valence-corrected chi connectivity index (χ4v) is 2.76. The summed E-state index contributed by atoms with van der Waals surface area (Å²) >= 11 is 0. The third-order valence-electron chi connectivity index (χ3n) is 4.15. The van der Waals surface area contributed by atoms with Crippen molar-refractivity contribution in [2.75, 3.05) is 13.7 Å². The second-order valence-corrected chi connectivity index (χ2v) is 5.62. The molecule has 5 nitrogen and oxygen atoms in total. The molecule has 1 aliphatic carbocycles. The zero-order valence-corrected chi connectivity index (χ0v) is 12.4. The van der Waals surface area contributed by atoms with Crippen LogP contribution in [0.3, 0.4) is 0 Å². The van der Waals surface area contributed by atoms with E-state index in [-0.39, 0.29) is 12.5 Å². The van der Waals surface area contributed by atoms with Crippen LogP contribution < -0.4 is 5.32 Å². The van der Waals surface area contributed by atoms with Gasteiger partial charge in [0.25, 0.3) is 0 Å². The largest absolute Gasteiger partial charge is 0.480 e. The quantitative estimate of drug-likeness (QED) is 0.835. The number of nitrogens with one attached hydrogen (secondary N) is 1. The Bertz CT molecular complexity index is 537. The van der Waals surface area contributed by atoms with Crippen molar-refractivity contribution in [2.45, 2.75) is 37.6 Å². The summed E-state index contributed by atoms with van der Waals surface area (Å²) in [4.78, 5) is 23.8. The van der Waals surface area contributed by atoms with Crippen molar-refractivity contribution in [2.24, 2.45) is 0 Å². The molecular weight excluding hydrogens is 270 g/mol. The molecule has 0 bridgehead atoms. The zero-order valence-electron chi connectivity index (χ0n) is 12.4. The molecule has 2 N–H and O–H groups in total. The molecule has 114 valence electrons. The van der Waals surface area contributed by atoms with Gasteiger partial charge in [-0.15, -0.1) is 0 Å². The van der Waals surface area contributed by atoms with E-state index in [9.17, 15) is 9.59 Å². The van der Waals surface area contributed by atoms with Crippen molar-refractivity contribution in [1.82, 2.24) is 5.32 Å². The van der Waals surface area contributed by atoms with Crippen LogP contribution in [0, 0.1) is 6.92 Å². The van der Waals surface area contributed by atoms with E-state index in [0.717, 1.165) is 30.4 Å². The predicted molar refractivity (Wildman–Crippen MR) is 78.2 cm³/mol. The van der Waals surface area contributed by atoms with Crippen molar-refractivity contribution in [3.8, 4) is 0 Å². The number of amides is 1. The van der Waals surface area contributed by atoms with Crippen LogP contribution in [0.1, 0.15) is 30.4 Å². The third-order valence-corrected chi connectivity index (χ3v) is 4.15. The molecule has 1 aliphatic rings. The highest BCUT2D eigenvalue weighted by atomic mass is 16.5. The first-order valence-electron chi connectivity index (χ1n) is 7.09. The highest BCUT2D eigenvalue weighted by Crippen LogP contribution is 2.44. The molecule has 0 spiro atoms. The molecule has 2 rings (SSSR count). The molecule has 0 radical (unpaired) electrons. The van der Waals surface area contributed by atoms with Crippen LogP contribution in [0.25, 0.3) is 0 Å². The Morgan fingerprint density at radius 1 is 1.43 bits per heavy atom. The Hall–Kier alpha value is -1.88.